The Bertz CT molecular complexity index is 882. The van der Waals surface area contributed by atoms with Crippen LogP contribution in [0.2, 0.25) is 0 Å². The van der Waals surface area contributed by atoms with E-state index in [0.29, 0.717) is 29.4 Å². The van der Waals surface area contributed by atoms with Gasteiger partial charge in [0.25, 0.3) is 5.91 Å². The van der Waals surface area contributed by atoms with Gasteiger partial charge in [-0.15, -0.1) is 0 Å². The highest BCUT2D eigenvalue weighted by atomic mass is 16.5. The van der Waals surface area contributed by atoms with Crippen molar-refractivity contribution in [3.8, 4) is 11.5 Å². The van der Waals surface area contributed by atoms with Gasteiger partial charge < -0.3 is 19.7 Å². The van der Waals surface area contributed by atoms with Crippen molar-refractivity contribution in [2.24, 2.45) is 0 Å². The number of aromatic hydroxyl groups is 1. The van der Waals surface area contributed by atoms with Crippen LogP contribution in [0.25, 0.3) is 0 Å². The lowest BCUT2D eigenvalue weighted by molar-refractivity contribution is 0.102. The summed E-state index contributed by atoms with van der Waals surface area (Å²) in [7, 11) is 0. The number of aromatic nitrogens is 1. The minimum absolute atomic E-state index is 0.0154. The second-order valence-corrected chi connectivity index (χ2v) is 5.59. The fraction of sp³-hybridized carbons (Fsp3) is 0.158. The Morgan fingerprint density at radius 1 is 1.20 bits per heavy atom. The van der Waals surface area contributed by atoms with Crippen LogP contribution in [0.3, 0.4) is 0 Å². The molecule has 2 aromatic carbocycles. The van der Waals surface area contributed by atoms with Crippen LogP contribution < -0.4 is 10.1 Å². The first-order valence-corrected chi connectivity index (χ1v) is 7.78. The molecule has 0 saturated heterocycles. The molecule has 2 N–H and O–H groups in total. The van der Waals surface area contributed by atoms with Gasteiger partial charge in [-0.2, -0.15) is 0 Å². The van der Waals surface area contributed by atoms with Crippen molar-refractivity contribution in [1.82, 2.24) is 5.16 Å². The molecule has 6 heteroatoms. The number of carbonyl (C=O) groups is 1. The van der Waals surface area contributed by atoms with Gasteiger partial charge in [-0.25, -0.2) is 0 Å². The molecule has 0 unspecified atom stereocenters. The number of aryl methyl sites for hydroxylation is 2. The van der Waals surface area contributed by atoms with E-state index in [-0.39, 0.29) is 11.7 Å². The van der Waals surface area contributed by atoms with Crippen LogP contribution in [-0.4, -0.2) is 16.2 Å². The molecule has 1 amide bonds. The molecule has 0 aliphatic carbocycles. The number of anilines is 1. The topological polar surface area (TPSA) is 84.6 Å². The van der Waals surface area contributed by atoms with Gasteiger partial charge in [-0.05, 0) is 44.2 Å². The van der Waals surface area contributed by atoms with Gasteiger partial charge >= 0.3 is 0 Å². The van der Waals surface area contributed by atoms with E-state index in [2.05, 4.69) is 10.5 Å². The highest BCUT2D eigenvalue weighted by molar-refractivity contribution is 6.05. The van der Waals surface area contributed by atoms with Crippen LogP contribution in [-0.2, 0) is 6.61 Å². The van der Waals surface area contributed by atoms with Gasteiger partial charge in [0.15, 0.2) is 0 Å². The smallest absolute Gasteiger partial charge is 0.255 e. The highest BCUT2D eigenvalue weighted by Crippen LogP contribution is 2.23. The number of phenols is 1. The minimum atomic E-state index is -0.329. The van der Waals surface area contributed by atoms with Crippen molar-refractivity contribution in [2.75, 3.05) is 5.32 Å². The summed E-state index contributed by atoms with van der Waals surface area (Å²) in [6.07, 6.45) is 0. The Balaban J connectivity index is 1.71. The molecule has 25 heavy (non-hydrogen) atoms. The SMILES string of the molecule is Cc1noc(C)c1COc1cccc(C(=O)Nc2ccccc2O)c1. The highest BCUT2D eigenvalue weighted by Gasteiger charge is 2.12. The monoisotopic (exact) mass is 338 g/mol. The van der Waals surface area contributed by atoms with Gasteiger partial charge in [0.1, 0.15) is 23.9 Å². The molecule has 0 atom stereocenters. The summed E-state index contributed by atoms with van der Waals surface area (Å²) in [5, 5.41) is 16.3. The van der Waals surface area contributed by atoms with Crippen LogP contribution >= 0.6 is 0 Å². The van der Waals surface area contributed by atoms with Gasteiger partial charge in [0, 0.05) is 5.56 Å². The second-order valence-electron chi connectivity index (χ2n) is 5.59. The zero-order valence-electron chi connectivity index (χ0n) is 13.9. The number of carbonyl (C=O) groups excluding carboxylic acids is 1. The first kappa shape index (κ1) is 16.6. The maximum absolute atomic E-state index is 12.4. The summed E-state index contributed by atoms with van der Waals surface area (Å²) >= 11 is 0. The Morgan fingerprint density at radius 3 is 2.72 bits per heavy atom. The Hall–Kier alpha value is -3.28. The van der Waals surface area contributed by atoms with E-state index in [1.54, 1.807) is 42.5 Å². The standard InChI is InChI=1S/C19H18N2O4/c1-12-16(13(2)25-21-12)11-24-15-7-5-6-14(10-15)19(23)20-17-8-3-4-9-18(17)22/h3-10,22H,11H2,1-2H3,(H,20,23). The Morgan fingerprint density at radius 2 is 2.00 bits per heavy atom. The lowest BCUT2D eigenvalue weighted by Gasteiger charge is -2.09. The van der Waals surface area contributed by atoms with E-state index >= 15 is 0 Å². The third-order valence-electron chi connectivity index (χ3n) is 3.81. The number of nitrogens with zero attached hydrogens (tertiary/aromatic N) is 1. The van der Waals surface area contributed by atoms with Crippen LogP contribution in [0.5, 0.6) is 11.5 Å². The lowest BCUT2D eigenvalue weighted by Crippen LogP contribution is -2.12. The van der Waals surface area contributed by atoms with E-state index in [1.165, 1.54) is 6.07 Å². The van der Waals surface area contributed by atoms with E-state index in [9.17, 15) is 9.90 Å². The number of hydrogen-bond donors (Lipinski definition) is 2. The molecule has 0 bridgehead atoms. The molecule has 3 rings (SSSR count). The normalized spacial score (nSPS) is 10.5. The predicted molar refractivity (Wildman–Crippen MR) is 92.8 cm³/mol. The van der Waals surface area contributed by atoms with Crippen molar-refractivity contribution >= 4 is 11.6 Å². The average Bonchev–Trinajstić information content (AvgIpc) is 2.93. The number of para-hydroxylation sites is 2. The average molecular weight is 338 g/mol. The first-order valence-electron chi connectivity index (χ1n) is 7.78. The predicted octanol–water partition coefficient (Wildman–Crippen LogP) is 3.83. The number of nitrogens with one attached hydrogen (secondary N) is 1. The van der Waals surface area contributed by atoms with E-state index in [0.717, 1.165) is 11.3 Å². The Kier molecular flexibility index (Phi) is 4.70. The number of phenolic OH excluding ortho intramolecular Hbond substituents is 1. The summed E-state index contributed by atoms with van der Waals surface area (Å²) in [5.74, 6) is 0.960. The summed E-state index contributed by atoms with van der Waals surface area (Å²) < 4.78 is 10.9. The largest absolute Gasteiger partial charge is 0.506 e. The number of ether oxygens (including phenoxy) is 1. The molecule has 0 aliphatic heterocycles. The molecule has 0 fully saturated rings. The number of hydrogen-bond acceptors (Lipinski definition) is 5. The molecule has 6 nitrogen and oxygen atoms in total. The molecule has 128 valence electrons. The lowest BCUT2D eigenvalue weighted by atomic mass is 10.2. The number of benzene rings is 2. The van der Waals surface area contributed by atoms with Gasteiger partial charge in [-0.1, -0.05) is 23.4 Å². The van der Waals surface area contributed by atoms with E-state index < -0.39 is 0 Å². The molecular weight excluding hydrogens is 320 g/mol. The third kappa shape index (κ3) is 3.80. The number of amides is 1. The minimum Gasteiger partial charge on any atom is -0.506 e. The first-order chi connectivity index (χ1) is 12.0. The summed E-state index contributed by atoms with van der Waals surface area (Å²) in [6.45, 7) is 3.99. The number of rotatable bonds is 5. The van der Waals surface area contributed by atoms with Crippen molar-refractivity contribution in [2.45, 2.75) is 20.5 Å². The zero-order chi connectivity index (χ0) is 17.8. The molecule has 1 heterocycles. The van der Waals surface area contributed by atoms with Crippen LogP contribution in [0.1, 0.15) is 27.4 Å². The molecule has 3 aromatic rings. The van der Waals surface area contributed by atoms with Crippen molar-refractivity contribution in [3.63, 3.8) is 0 Å². The van der Waals surface area contributed by atoms with Gasteiger partial charge in [-0.3, -0.25) is 4.79 Å². The maximum atomic E-state index is 12.4. The van der Waals surface area contributed by atoms with Crippen LogP contribution in [0.4, 0.5) is 5.69 Å². The molecular formula is C19H18N2O4. The molecule has 0 saturated carbocycles. The summed E-state index contributed by atoms with van der Waals surface area (Å²) in [4.78, 5) is 12.4. The van der Waals surface area contributed by atoms with Gasteiger partial charge in [0.05, 0.1) is 16.9 Å². The zero-order valence-corrected chi connectivity index (χ0v) is 13.9. The van der Waals surface area contributed by atoms with Crippen molar-refractivity contribution in [1.29, 1.82) is 0 Å². The maximum Gasteiger partial charge on any atom is 0.255 e. The Labute approximate surface area is 145 Å². The fourth-order valence-corrected chi connectivity index (χ4v) is 2.36. The summed E-state index contributed by atoms with van der Waals surface area (Å²) in [5.41, 5.74) is 2.46. The van der Waals surface area contributed by atoms with Crippen LogP contribution in [0, 0.1) is 13.8 Å². The fourth-order valence-electron chi connectivity index (χ4n) is 2.36. The quantitative estimate of drug-likeness (QED) is 0.691. The van der Waals surface area contributed by atoms with Crippen LogP contribution in [0.15, 0.2) is 53.1 Å². The van der Waals surface area contributed by atoms with Gasteiger partial charge in [0.2, 0.25) is 0 Å². The molecule has 0 spiro atoms. The van der Waals surface area contributed by atoms with Crippen molar-refractivity contribution < 1.29 is 19.2 Å². The summed E-state index contributed by atoms with van der Waals surface area (Å²) in [6, 6.07) is 13.4. The molecule has 0 aliphatic rings. The van der Waals surface area contributed by atoms with E-state index in [4.69, 9.17) is 9.26 Å². The third-order valence-corrected chi connectivity index (χ3v) is 3.81. The second kappa shape index (κ2) is 7.09. The van der Waals surface area contributed by atoms with Crippen molar-refractivity contribution in [3.05, 3.63) is 71.1 Å². The molecule has 1 aromatic heterocycles. The molecule has 0 radical (unpaired) electrons. The van der Waals surface area contributed by atoms with E-state index in [1.807, 2.05) is 13.8 Å².